The van der Waals surface area contributed by atoms with E-state index in [1.54, 1.807) is 0 Å². The van der Waals surface area contributed by atoms with Crippen LogP contribution in [0.1, 0.15) is 30.8 Å². The van der Waals surface area contributed by atoms with Crippen LogP contribution in [-0.4, -0.2) is 36.6 Å². The van der Waals surface area contributed by atoms with Gasteiger partial charge in [-0.1, -0.05) is 6.42 Å². The maximum Gasteiger partial charge on any atom is 0.230 e. The van der Waals surface area contributed by atoms with Gasteiger partial charge in [0.2, 0.25) is 5.91 Å². The van der Waals surface area contributed by atoms with E-state index in [1.807, 2.05) is 24.0 Å². The van der Waals surface area contributed by atoms with Gasteiger partial charge in [-0.05, 0) is 37.8 Å². The maximum absolute atomic E-state index is 12.4. The van der Waals surface area contributed by atoms with Crippen LogP contribution in [0.25, 0.3) is 0 Å². The largest absolute Gasteiger partial charge is 0.466 e. The van der Waals surface area contributed by atoms with E-state index in [0.717, 1.165) is 18.1 Å². The van der Waals surface area contributed by atoms with Gasteiger partial charge in [0.05, 0.1) is 25.7 Å². The smallest absolute Gasteiger partial charge is 0.230 e. The first-order chi connectivity index (χ1) is 9.24. The Morgan fingerprint density at radius 2 is 2.26 bits per heavy atom. The minimum Gasteiger partial charge on any atom is -0.466 e. The lowest BCUT2D eigenvalue weighted by Crippen LogP contribution is -2.53. The van der Waals surface area contributed by atoms with Crippen LogP contribution in [-0.2, 0) is 16.0 Å². The average molecular weight is 263 g/mol. The van der Waals surface area contributed by atoms with Crippen molar-refractivity contribution in [3.05, 3.63) is 23.7 Å². The van der Waals surface area contributed by atoms with E-state index in [1.165, 1.54) is 19.3 Å². The molecule has 1 unspecified atom stereocenters. The number of hydrogen-bond acceptors (Lipinski definition) is 3. The summed E-state index contributed by atoms with van der Waals surface area (Å²) < 4.78 is 11.1. The van der Waals surface area contributed by atoms with Gasteiger partial charge < -0.3 is 14.1 Å². The van der Waals surface area contributed by atoms with Gasteiger partial charge in [0, 0.05) is 6.54 Å². The van der Waals surface area contributed by atoms with Gasteiger partial charge in [0.15, 0.2) is 0 Å². The summed E-state index contributed by atoms with van der Waals surface area (Å²) >= 11 is 0. The number of amides is 1. The van der Waals surface area contributed by atoms with Crippen molar-refractivity contribution in [1.29, 1.82) is 0 Å². The Labute approximate surface area is 113 Å². The summed E-state index contributed by atoms with van der Waals surface area (Å²) in [4.78, 5) is 14.5. The number of nitrogens with zero attached hydrogens (tertiary/aromatic N) is 1. The molecule has 2 fully saturated rings. The third kappa shape index (κ3) is 2.68. The molecule has 3 rings (SSSR count). The molecule has 1 saturated carbocycles. The summed E-state index contributed by atoms with van der Waals surface area (Å²) in [6.45, 7) is 3.99. The van der Waals surface area contributed by atoms with Gasteiger partial charge in [0.25, 0.3) is 0 Å². The Balaban J connectivity index is 1.66. The molecular weight excluding hydrogens is 242 g/mol. The highest BCUT2D eigenvalue weighted by Crippen LogP contribution is 2.33. The molecule has 4 nitrogen and oxygen atoms in total. The lowest BCUT2D eigenvalue weighted by molar-refractivity contribution is -0.143. The second-order valence-electron chi connectivity index (χ2n) is 5.61. The summed E-state index contributed by atoms with van der Waals surface area (Å²) in [5.74, 6) is 2.44. The second kappa shape index (κ2) is 5.37. The van der Waals surface area contributed by atoms with Gasteiger partial charge in [-0.2, -0.15) is 0 Å². The molecule has 1 saturated heterocycles. The Morgan fingerprint density at radius 1 is 1.42 bits per heavy atom. The minimum absolute atomic E-state index is 0.176. The zero-order valence-electron chi connectivity index (χ0n) is 11.4. The minimum atomic E-state index is 0.176. The number of ether oxygens (including phenoxy) is 1. The first-order valence-corrected chi connectivity index (χ1v) is 7.16. The van der Waals surface area contributed by atoms with Crippen molar-refractivity contribution in [1.82, 2.24) is 4.90 Å². The molecule has 0 spiro atoms. The Bertz CT molecular complexity index is 450. The van der Waals surface area contributed by atoms with Crippen LogP contribution < -0.4 is 0 Å². The predicted octanol–water partition coefficient (Wildman–Crippen LogP) is 2.16. The zero-order valence-corrected chi connectivity index (χ0v) is 11.4. The summed E-state index contributed by atoms with van der Waals surface area (Å²) in [7, 11) is 0. The van der Waals surface area contributed by atoms with E-state index < -0.39 is 0 Å². The van der Waals surface area contributed by atoms with Gasteiger partial charge in [-0.15, -0.1) is 0 Å². The molecule has 4 heteroatoms. The van der Waals surface area contributed by atoms with Gasteiger partial charge in [-0.25, -0.2) is 0 Å². The molecule has 1 aliphatic heterocycles. The number of hydrogen-bond donors (Lipinski definition) is 0. The fraction of sp³-hybridized carbons (Fsp3) is 0.667. The average Bonchev–Trinajstić information content (AvgIpc) is 2.73. The molecule has 0 N–H and O–H groups in total. The van der Waals surface area contributed by atoms with Crippen molar-refractivity contribution in [3.63, 3.8) is 0 Å². The predicted molar refractivity (Wildman–Crippen MR) is 70.8 cm³/mol. The SMILES string of the molecule is Cc1ccc(CC(=O)N2CCOCC2C2CCC2)o1. The van der Waals surface area contributed by atoms with E-state index >= 15 is 0 Å². The van der Waals surface area contributed by atoms with Crippen LogP contribution >= 0.6 is 0 Å². The number of furan rings is 1. The van der Waals surface area contributed by atoms with Crippen LogP contribution in [0.3, 0.4) is 0 Å². The normalized spacial score (nSPS) is 24.3. The van der Waals surface area contributed by atoms with Crippen molar-refractivity contribution < 1.29 is 13.9 Å². The molecule has 2 heterocycles. The maximum atomic E-state index is 12.4. The lowest BCUT2D eigenvalue weighted by Gasteiger charge is -2.43. The molecular formula is C15H21NO3. The fourth-order valence-electron chi connectivity index (χ4n) is 2.98. The van der Waals surface area contributed by atoms with Crippen molar-refractivity contribution in [2.45, 2.75) is 38.6 Å². The van der Waals surface area contributed by atoms with Gasteiger partial charge in [0.1, 0.15) is 11.5 Å². The van der Waals surface area contributed by atoms with Crippen molar-refractivity contribution in [2.24, 2.45) is 5.92 Å². The first-order valence-electron chi connectivity index (χ1n) is 7.16. The lowest BCUT2D eigenvalue weighted by atomic mass is 9.79. The molecule has 0 radical (unpaired) electrons. The quantitative estimate of drug-likeness (QED) is 0.839. The number of morpholine rings is 1. The number of aryl methyl sites for hydroxylation is 1. The summed E-state index contributed by atoms with van der Waals surface area (Å²) in [5, 5.41) is 0. The molecule has 1 atom stereocenters. The molecule has 1 aromatic heterocycles. The monoisotopic (exact) mass is 263 g/mol. The zero-order chi connectivity index (χ0) is 13.2. The van der Waals surface area contributed by atoms with E-state index in [4.69, 9.17) is 9.15 Å². The summed E-state index contributed by atoms with van der Waals surface area (Å²) in [6.07, 6.45) is 4.13. The fourth-order valence-corrected chi connectivity index (χ4v) is 2.98. The van der Waals surface area contributed by atoms with Gasteiger partial charge in [-0.3, -0.25) is 4.79 Å². The Morgan fingerprint density at radius 3 is 2.89 bits per heavy atom. The van der Waals surface area contributed by atoms with Crippen LogP contribution in [0.15, 0.2) is 16.5 Å². The molecule has 104 valence electrons. The van der Waals surface area contributed by atoms with E-state index in [9.17, 15) is 4.79 Å². The summed E-state index contributed by atoms with van der Waals surface area (Å²) in [6, 6.07) is 4.09. The first kappa shape index (κ1) is 12.7. The summed E-state index contributed by atoms with van der Waals surface area (Å²) in [5.41, 5.74) is 0. The number of rotatable bonds is 3. The molecule has 0 bridgehead atoms. The van der Waals surface area contributed by atoms with Crippen LogP contribution in [0, 0.1) is 12.8 Å². The highest BCUT2D eigenvalue weighted by Gasteiger charge is 2.36. The molecule has 1 aromatic rings. The third-order valence-corrected chi connectivity index (χ3v) is 4.30. The molecule has 1 aliphatic carbocycles. The van der Waals surface area contributed by atoms with Crippen LogP contribution in [0.5, 0.6) is 0 Å². The van der Waals surface area contributed by atoms with Crippen LogP contribution in [0.2, 0.25) is 0 Å². The molecule has 1 amide bonds. The van der Waals surface area contributed by atoms with Crippen molar-refractivity contribution >= 4 is 5.91 Å². The third-order valence-electron chi connectivity index (χ3n) is 4.30. The number of carbonyl (C=O) groups is 1. The van der Waals surface area contributed by atoms with Crippen LogP contribution in [0.4, 0.5) is 0 Å². The molecule has 2 aliphatic rings. The Kier molecular flexibility index (Phi) is 3.60. The molecule has 0 aromatic carbocycles. The van der Waals surface area contributed by atoms with E-state index in [-0.39, 0.29) is 11.9 Å². The van der Waals surface area contributed by atoms with Gasteiger partial charge >= 0.3 is 0 Å². The topological polar surface area (TPSA) is 42.7 Å². The second-order valence-corrected chi connectivity index (χ2v) is 5.61. The standard InChI is InChI=1S/C15H21NO3/c1-11-5-6-13(19-11)9-15(17)16-7-8-18-10-14(16)12-3-2-4-12/h5-6,12,14H,2-4,7-10H2,1H3. The number of carbonyl (C=O) groups excluding carboxylic acids is 1. The van der Waals surface area contributed by atoms with Crippen molar-refractivity contribution in [2.75, 3.05) is 19.8 Å². The highest BCUT2D eigenvalue weighted by atomic mass is 16.5. The Hall–Kier alpha value is -1.29. The van der Waals surface area contributed by atoms with E-state index in [2.05, 4.69) is 0 Å². The van der Waals surface area contributed by atoms with Crippen molar-refractivity contribution in [3.8, 4) is 0 Å². The van der Waals surface area contributed by atoms with E-state index in [0.29, 0.717) is 25.6 Å². The highest BCUT2D eigenvalue weighted by molar-refractivity contribution is 5.78. The molecule has 19 heavy (non-hydrogen) atoms.